The molecule has 0 radical (unpaired) electrons. The van der Waals surface area contributed by atoms with Crippen molar-refractivity contribution in [3.8, 4) is 0 Å². The Balaban J connectivity index is 2.18. The highest BCUT2D eigenvalue weighted by Crippen LogP contribution is 2.29. The Bertz CT molecular complexity index is 868. The Morgan fingerprint density at radius 1 is 1.14 bits per heavy atom. The summed E-state index contributed by atoms with van der Waals surface area (Å²) in [6, 6.07) is 8.14. The van der Waals surface area contributed by atoms with Gasteiger partial charge >= 0.3 is 0 Å². The number of carbonyl (C=O) groups is 1. The predicted octanol–water partition coefficient (Wildman–Crippen LogP) is 5.01. The zero-order chi connectivity index (χ0) is 15.1. The molecule has 0 aliphatic carbocycles. The maximum atomic E-state index is 13.8. The van der Waals surface area contributed by atoms with Crippen LogP contribution in [0.1, 0.15) is 21.7 Å². The van der Waals surface area contributed by atoms with Crippen molar-refractivity contribution in [2.75, 3.05) is 0 Å². The zero-order valence-corrected chi connectivity index (χ0v) is 12.5. The molecule has 1 aromatic heterocycles. The summed E-state index contributed by atoms with van der Waals surface area (Å²) in [5.74, 6) is -1.63. The first-order valence-corrected chi connectivity index (χ1v) is 6.95. The minimum absolute atomic E-state index is 0.0209. The Kier molecular flexibility index (Phi) is 3.37. The molecule has 0 saturated heterocycles. The predicted molar refractivity (Wildman–Crippen MR) is 78.4 cm³/mol. The first-order valence-electron chi connectivity index (χ1n) is 6.16. The van der Waals surface area contributed by atoms with E-state index in [4.69, 9.17) is 4.42 Å². The number of halogens is 3. The normalized spacial score (nSPS) is 11.0. The van der Waals surface area contributed by atoms with E-state index in [1.807, 2.05) is 0 Å². The maximum Gasteiger partial charge on any atom is 0.231 e. The first kappa shape index (κ1) is 13.9. The van der Waals surface area contributed by atoms with E-state index in [1.165, 1.54) is 36.4 Å². The third-order valence-electron chi connectivity index (χ3n) is 3.28. The molecule has 3 aromatic rings. The number of hydrogen-bond acceptors (Lipinski definition) is 2. The molecule has 0 aliphatic heterocycles. The molecular formula is C16H9BrF2O2. The van der Waals surface area contributed by atoms with Gasteiger partial charge in [0, 0.05) is 21.5 Å². The first-order chi connectivity index (χ1) is 9.97. The molecule has 0 unspecified atom stereocenters. The second kappa shape index (κ2) is 5.07. The van der Waals surface area contributed by atoms with Crippen LogP contribution in [-0.2, 0) is 0 Å². The lowest BCUT2D eigenvalue weighted by atomic mass is 10.0. The summed E-state index contributed by atoms with van der Waals surface area (Å²) < 4.78 is 33.0. The van der Waals surface area contributed by atoms with Crippen LogP contribution >= 0.6 is 15.9 Å². The second-order valence-corrected chi connectivity index (χ2v) is 5.57. The van der Waals surface area contributed by atoms with Crippen LogP contribution in [-0.4, -0.2) is 5.78 Å². The van der Waals surface area contributed by atoms with Gasteiger partial charge in [-0.15, -0.1) is 0 Å². The summed E-state index contributed by atoms with van der Waals surface area (Å²) in [4.78, 5) is 12.4. The lowest BCUT2D eigenvalue weighted by Gasteiger charge is -2.02. The van der Waals surface area contributed by atoms with E-state index in [-0.39, 0.29) is 16.9 Å². The van der Waals surface area contributed by atoms with Crippen LogP contribution in [0.2, 0.25) is 0 Å². The van der Waals surface area contributed by atoms with Crippen molar-refractivity contribution < 1.29 is 18.0 Å². The average molecular weight is 351 g/mol. The maximum absolute atomic E-state index is 13.8. The van der Waals surface area contributed by atoms with Crippen molar-refractivity contribution in [1.82, 2.24) is 0 Å². The van der Waals surface area contributed by atoms with Gasteiger partial charge in [0.2, 0.25) is 5.78 Å². The summed E-state index contributed by atoms with van der Waals surface area (Å²) in [5, 5.41) is 0.634. The largest absolute Gasteiger partial charge is 0.452 e. The highest BCUT2D eigenvalue weighted by Gasteiger charge is 2.22. The fourth-order valence-corrected chi connectivity index (χ4v) is 2.57. The summed E-state index contributed by atoms with van der Waals surface area (Å²) in [6.45, 7) is 1.69. The third kappa shape index (κ3) is 2.38. The SMILES string of the molecule is Cc1c(C(=O)c2cc(Br)ccc2F)oc2cc(F)ccc12. The molecule has 0 N–H and O–H groups in total. The Hall–Kier alpha value is -2.01. The van der Waals surface area contributed by atoms with Crippen LogP contribution in [0.3, 0.4) is 0 Å². The van der Waals surface area contributed by atoms with E-state index < -0.39 is 17.4 Å². The number of carbonyl (C=O) groups excluding carboxylic acids is 1. The molecule has 0 aliphatic rings. The van der Waals surface area contributed by atoms with Gasteiger partial charge in [-0.25, -0.2) is 8.78 Å². The van der Waals surface area contributed by atoms with Gasteiger partial charge in [0.25, 0.3) is 0 Å². The third-order valence-corrected chi connectivity index (χ3v) is 3.77. The number of hydrogen-bond donors (Lipinski definition) is 0. The molecule has 3 rings (SSSR count). The van der Waals surface area contributed by atoms with Gasteiger partial charge in [-0.1, -0.05) is 15.9 Å². The van der Waals surface area contributed by atoms with E-state index in [9.17, 15) is 13.6 Å². The van der Waals surface area contributed by atoms with Crippen LogP contribution < -0.4 is 0 Å². The van der Waals surface area contributed by atoms with E-state index in [1.54, 1.807) is 6.92 Å². The Morgan fingerprint density at radius 3 is 2.67 bits per heavy atom. The van der Waals surface area contributed by atoms with Crippen LogP contribution in [0, 0.1) is 18.6 Å². The van der Waals surface area contributed by atoms with Crippen LogP contribution in [0.25, 0.3) is 11.0 Å². The van der Waals surface area contributed by atoms with E-state index in [0.29, 0.717) is 15.4 Å². The highest BCUT2D eigenvalue weighted by molar-refractivity contribution is 9.10. The number of aryl methyl sites for hydroxylation is 1. The van der Waals surface area contributed by atoms with Gasteiger partial charge in [-0.05, 0) is 37.3 Å². The molecule has 1 heterocycles. The number of rotatable bonds is 2. The molecule has 2 aromatic carbocycles. The molecule has 0 fully saturated rings. The molecular weight excluding hydrogens is 342 g/mol. The van der Waals surface area contributed by atoms with E-state index >= 15 is 0 Å². The van der Waals surface area contributed by atoms with Crippen molar-refractivity contribution >= 4 is 32.7 Å². The summed E-state index contributed by atoms with van der Waals surface area (Å²) in [6.07, 6.45) is 0. The molecule has 106 valence electrons. The van der Waals surface area contributed by atoms with Crippen LogP contribution in [0.4, 0.5) is 8.78 Å². The second-order valence-electron chi connectivity index (χ2n) is 4.65. The lowest BCUT2D eigenvalue weighted by Crippen LogP contribution is -2.04. The Morgan fingerprint density at radius 2 is 1.90 bits per heavy atom. The summed E-state index contributed by atoms with van der Waals surface area (Å²) in [7, 11) is 0. The lowest BCUT2D eigenvalue weighted by molar-refractivity contribution is 0.101. The highest BCUT2D eigenvalue weighted by atomic mass is 79.9. The van der Waals surface area contributed by atoms with Crippen LogP contribution in [0.15, 0.2) is 45.3 Å². The van der Waals surface area contributed by atoms with Gasteiger partial charge in [0.15, 0.2) is 5.76 Å². The monoisotopic (exact) mass is 350 g/mol. The summed E-state index contributed by atoms with van der Waals surface area (Å²) >= 11 is 3.20. The average Bonchev–Trinajstić information content (AvgIpc) is 2.77. The quantitative estimate of drug-likeness (QED) is 0.608. The minimum atomic E-state index is -0.630. The molecule has 0 spiro atoms. The molecule has 0 amide bonds. The standard InChI is InChI=1S/C16H9BrF2O2/c1-8-11-4-3-10(18)7-14(11)21-16(8)15(20)12-6-9(17)2-5-13(12)19/h2-7H,1H3. The molecule has 21 heavy (non-hydrogen) atoms. The number of ketones is 1. The van der Waals surface area contributed by atoms with E-state index in [2.05, 4.69) is 15.9 Å². The number of furan rings is 1. The smallest absolute Gasteiger partial charge is 0.231 e. The molecule has 2 nitrogen and oxygen atoms in total. The van der Waals surface area contributed by atoms with Gasteiger partial charge < -0.3 is 4.42 Å². The van der Waals surface area contributed by atoms with Crippen molar-refractivity contribution in [3.63, 3.8) is 0 Å². The zero-order valence-electron chi connectivity index (χ0n) is 10.9. The van der Waals surface area contributed by atoms with Gasteiger partial charge in [0.05, 0.1) is 5.56 Å². The molecule has 0 saturated carbocycles. The van der Waals surface area contributed by atoms with Gasteiger partial charge in [-0.2, -0.15) is 0 Å². The fraction of sp³-hybridized carbons (Fsp3) is 0.0625. The Labute approximate surface area is 127 Å². The van der Waals surface area contributed by atoms with Gasteiger partial charge in [-0.3, -0.25) is 4.79 Å². The minimum Gasteiger partial charge on any atom is -0.452 e. The van der Waals surface area contributed by atoms with Crippen molar-refractivity contribution in [1.29, 1.82) is 0 Å². The molecule has 0 atom stereocenters. The van der Waals surface area contributed by atoms with E-state index in [0.717, 1.165) is 0 Å². The van der Waals surface area contributed by atoms with Crippen LogP contribution in [0.5, 0.6) is 0 Å². The fourth-order valence-electron chi connectivity index (χ4n) is 2.21. The summed E-state index contributed by atoms with van der Waals surface area (Å²) in [5.41, 5.74) is 0.743. The molecule has 0 bridgehead atoms. The van der Waals surface area contributed by atoms with Crippen molar-refractivity contribution in [3.05, 3.63) is 69.4 Å². The van der Waals surface area contributed by atoms with Gasteiger partial charge in [0.1, 0.15) is 17.2 Å². The topological polar surface area (TPSA) is 30.2 Å². The number of fused-ring (bicyclic) bond motifs is 1. The number of benzene rings is 2. The van der Waals surface area contributed by atoms with Crippen molar-refractivity contribution in [2.24, 2.45) is 0 Å². The van der Waals surface area contributed by atoms with Crippen molar-refractivity contribution in [2.45, 2.75) is 6.92 Å². The molecule has 5 heteroatoms.